The summed E-state index contributed by atoms with van der Waals surface area (Å²) in [5.41, 5.74) is -7.11. The minimum Gasteiger partial charge on any atom is -0.472 e. The van der Waals surface area contributed by atoms with Crippen molar-refractivity contribution in [1.29, 1.82) is 0 Å². The van der Waals surface area contributed by atoms with E-state index < -0.39 is 83.0 Å². The summed E-state index contributed by atoms with van der Waals surface area (Å²) in [6.45, 7) is 6.38. The highest BCUT2D eigenvalue weighted by atomic mass is 16.6. The van der Waals surface area contributed by atoms with E-state index in [2.05, 4.69) is 0 Å². The summed E-state index contributed by atoms with van der Waals surface area (Å²) in [5.74, 6) is -4.28. The predicted molar refractivity (Wildman–Crippen MR) is 138 cm³/mol. The molecule has 2 saturated carbocycles. The number of hydrogen-bond donors (Lipinski definition) is 2. The van der Waals surface area contributed by atoms with Crippen molar-refractivity contribution in [2.24, 2.45) is 11.3 Å². The molecule has 2 aromatic rings. The smallest absolute Gasteiger partial charge is 0.341 e. The van der Waals surface area contributed by atoms with Crippen molar-refractivity contribution in [2.75, 3.05) is 6.61 Å². The SMILES string of the molecule is CC(=O)OC[C@@]12[C@@H](OC(=O)c3ccoc3)CC[C@](C)(O)[C@]13OC(C)(C)[C@H]([C@@H](OC(C)=O)[C@H]2OC(=O)c1ccoc1)[C@H]3O. The number of carbonyl (C=O) groups is 4. The van der Waals surface area contributed by atoms with Crippen LogP contribution in [0.3, 0.4) is 0 Å². The van der Waals surface area contributed by atoms with Crippen LogP contribution >= 0.6 is 0 Å². The van der Waals surface area contributed by atoms with Gasteiger partial charge in [-0.3, -0.25) is 9.59 Å². The van der Waals surface area contributed by atoms with Crippen LogP contribution in [0.2, 0.25) is 0 Å². The second-order valence-electron chi connectivity index (χ2n) is 11.9. The van der Waals surface area contributed by atoms with Crippen molar-refractivity contribution in [2.45, 2.75) is 88.7 Å². The molecular formula is C29H34O13. The molecule has 2 aromatic heterocycles. The normalized spacial score (nSPS) is 36.4. The molecule has 0 aromatic carbocycles. The van der Waals surface area contributed by atoms with Crippen LogP contribution in [0.4, 0.5) is 0 Å². The van der Waals surface area contributed by atoms with Crippen LogP contribution in [0.1, 0.15) is 68.2 Å². The molecule has 1 aliphatic heterocycles. The van der Waals surface area contributed by atoms with E-state index in [1.807, 2.05) is 0 Å². The van der Waals surface area contributed by atoms with E-state index in [9.17, 15) is 29.4 Å². The highest BCUT2D eigenvalue weighted by Crippen LogP contribution is 2.68. The minimum absolute atomic E-state index is 0.0152. The number of ether oxygens (including phenoxy) is 5. The third-order valence-corrected chi connectivity index (χ3v) is 8.92. The van der Waals surface area contributed by atoms with Gasteiger partial charge in [-0.05, 0) is 45.7 Å². The Bertz CT molecular complexity index is 1340. The lowest BCUT2D eigenvalue weighted by molar-refractivity contribution is -0.346. The minimum atomic E-state index is -2.05. The zero-order valence-electron chi connectivity index (χ0n) is 23.9. The van der Waals surface area contributed by atoms with Crippen LogP contribution in [0.5, 0.6) is 0 Å². The Hall–Kier alpha value is -3.68. The Balaban J connectivity index is 1.78. The molecule has 5 rings (SSSR count). The molecule has 0 unspecified atom stereocenters. The number of furan rings is 2. The summed E-state index contributed by atoms with van der Waals surface area (Å²) in [5, 5.41) is 24.2. The summed E-state index contributed by atoms with van der Waals surface area (Å²) >= 11 is 0. The Kier molecular flexibility index (Phi) is 7.27. The first kappa shape index (κ1) is 29.8. The largest absolute Gasteiger partial charge is 0.472 e. The van der Waals surface area contributed by atoms with Crippen LogP contribution < -0.4 is 0 Å². The lowest BCUT2D eigenvalue weighted by Gasteiger charge is -2.65. The zero-order valence-corrected chi connectivity index (χ0v) is 23.9. The zero-order chi connectivity index (χ0) is 30.7. The molecule has 228 valence electrons. The number of hydrogen-bond acceptors (Lipinski definition) is 13. The Morgan fingerprint density at radius 1 is 0.929 bits per heavy atom. The molecule has 0 radical (unpaired) electrons. The monoisotopic (exact) mass is 590 g/mol. The molecule has 13 heteroatoms. The summed E-state index contributed by atoms with van der Waals surface area (Å²) in [4.78, 5) is 51.6. The second-order valence-corrected chi connectivity index (χ2v) is 11.9. The Labute approximate surface area is 241 Å². The van der Waals surface area contributed by atoms with Crippen LogP contribution in [0, 0.1) is 11.3 Å². The van der Waals surface area contributed by atoms with E-state index in [0.717, 1.165) is 20.1 Å². The van der Waals surface area contributed by atoms with Crippen LogP contribution in [-0.4, -0.2) is 81.9 Å². The molecule has 1 spiro atoms. The maximum Gasteiger partial charge on any atom is 0.341 e. The van der Waals surface area contributed by atoms with Gasteiger partial charge in [-0.25, -0.2) is 9.59 Å². The quantitative estimate of drug-likeness (QED) is 0.354. The van der Waals surface area contributed by atoms with Gasteiger partial charge in [-0.2, -0.15) is 0 Å². The molecule has 1 saturated heterocycles. The number of rotatable bonds is 7. The first-order valence-corrected chi connectivity index (χ1v) is 13.6. The molecule has 0 amide bonds. The standard InChI is InChI=1S/C29H34O13/c1-15(30)38-14-28-19(40-24(33)17-7-10-36-12-17)6-9-27(5,35)29(28)22(32)20(26(3,4)42-29)21(39-16(2)31)23(28)41-25(34)18-8-11-37-13-18/h7-8,10-13,19-23,32,35H,6,9,14H2,1-5H3/t19-,20+,21+,22+,23+,27-,28-,29-/m0/s1. The fraction of sp³-hybridized carbons (Fsp3) is 0.586. The molecular weight excluding hydrogens is 556 g/mol. The predicted octanol–water partition coefficient (Wildman–Crippen LogP) is 2.19. The van der Waals surface area contributed by atoms with Gasteiger partial charge in [0.2, 0.25) is 0 Å². The number of aliphatic hydroxyl groups is 2. The van der Waals surface area contributed by atoms with E-state index >= 15 is 0 Å². The van der Waals surface area contributed by atoms with Crippen LogP contribution in [0.15, 0.2) is 46.0 Å². The third kappa shape index (κ3) is 4.33. The maximum absolute atomic E-state index is 13.5. The summed E-state index contributed by atoms with van der Waals surface area (Å²) < 4.78 is 40.1. The molecule has 3 aliphatic rings. The van der Waals surface area contributed by atoms with E-state index in [-0.39, 0.29) is 24.0 Å². The van der Waals surface area contributed by atoms with Gasteiger partial charge in [0.1, 0.15) is 42.4 Å². The maximum atomic E-state index is 13.5. The molecule has 3 heterocycles. The van der Waals surface area contributed by atoms with Gasteiger partial charge in [0.05, 0.1) is 46.9 Å². The highest BCUT2D eigenvalue weighted by Gasteiger charge is 2.86. The van der Waals surface area contributed by atoms with Crippen molar-refractivity contribution < 1.29 is 61.9 Å². The molecule has 3 fully saturated rings. The van der Waals surface area contributed by atoms with E-state index in [0.29, 0.717) is 0 Å². The van der Waals surface area contributed by atoms with Crippen molar-refractivity contribution in [1.82, 2.24) is 0 Å². The average Bonchev–Trinajstić information content (AvgIpc) is 3.64. The topological polar surface area (TPSA) is 181 Å². The Morgan fingerprint density at radius 2 is 1.52 bits per heavy atom. The van der Waals surface area contributed by atoms with Crippen molar-refractivity contribution in [3.63, 3.8) is 0 Å². The van der Waals surface area contributed by atoms with Gasteiger partial charge in [0, 0.05) is 13.8 Å². The number of carbonyl (C=O) groups excluding carboxylic acids is 4. The third-order valence-electron chi connectivity index (χ3n) is 8.92. The summed E-state index contributed by atoms with van der Waals surface area (Å²) in [7, 11) is 0. The van der Waals surface area contributed by atoms with Crippen molar-refractivity contribution >= 4 is 23.9 Å². The molecule has 13 nitrogen and oxygen atoms in total. The van der Waals surface area contributed by atoms with E-state index in [1.54, 1.807) is 13.8 Å². The Morgan fingerprint density at radius 3 is 2.05 bits per heavy atom. The van der Waals surface area contributed by atoms with Gasteiger partial charge >= 0.3 is 23.9 Å². The van der Waals surface area contributed by atoms with Gasteiger partial charge in [-0.1, -0.05) is 0 Å². The van der Waals surface area contributed by atoms with Gasteiger partial charge in [-0.15, -0.1) is 0 Å². The molecule has 2 N–H and O–H groups in total. The first-order valence-electron chi connectivity index (χ1n) is 13.6. The number of esters is 4. The molecule has 8 atom stereocenters. The van der Waals surface area contributed by atoms with Crippen molar-refractivity contribution in [3.8, 4) is 0 Å². The van der Waals surface area contributed by atoms with Gasteiger partial charge in [0.15, 0.2) is 6.10 Å². The number of aliphatic hydroxyl groups excluding tert-OH is 1. The lowest BCUT2D eigenvalue weighted by Crippen LogP contribution is -2.83. The summed E-state index contributed by atoms with van der Waals surface area (Å²) in [6.07, 6.45) is -1.02. The van der Waals surface area contributed by atoms with E-state index in [1.165, 1.54) is 37.8 Å². The fourth-order valence-electron chi connectivity index (χ4n) is 7.33. The van der Waals surface area contributed by atoms with Gasteiger partial charge < -0.3 is 42.7 Å². The highest BCUT2D eigenvalue weighted by molar-refractivity contribution is 5.90. The number of fused-ring (bicyclic) bond motifs is 1. The van der Waals surface area contributed by atoms with Crippen LogP contribution in [0.25, 0.3) is 0 Å². The van der Waals surface area contributed by atoms with Gasteiger partial charge in [0.25, 0.3) is 0 Å². The molecule has 2 aliphatic carbocycles. The molecule has 42 heavy (non-hydrogen) atoms. The summed E-state index contributed by atoms with van der Waals surface area (Å²) in [6, 6.07) is 2.74. The molecule has 2 bridgehead atoms. The van der Waals surface area contributed by atoms with E-state index in [4.69, 9.17) is 32.5 Å². The first-order chi connectivity index (χ1) is 19.7. The average molecular weight is 591 g/mol. The fourth-order valence-corrected chi connectivity index (χ4v) is 7.33. The second kappa shape index (κ2) is 10.2. The lowest BCUT2D eigenvalue weighted by atomic mass is 9.46. The van der Waals surface area contributed by atoms with Crippen LogP contribution in [-0.2, 0) is 33.3 Å². The van der Waals surface area contributed by atoms with Crippen molar-refractivity contribution in [3.05, 3.63) is 48.3 Å².